The van der Waals surface area contributed by atoms with Crippen LogP contribution in [0.4, 0.5) is 10.1 Å². The van der Waals surface area contributed by atoms with Crippen LogP contribution >= 0.6 is 11.3 Å². The van der Waals surface area contributed by atoms with Crippen molar-refractivity contribution in [2.45, 2.75) is 6.42 Å². The number of nitrogens with one attached hydrogen (secondary N) is 1. The Kier molecular flexibility index (Phi) is 5.18. The standard InChI is InChI=1S/C21H18FN3O3S/c1-27-14-7-8-19(28-2)15(10-14)18-11-25-13(12-29-21(25)24-18)9-20(26)23-17-6-4-3-5-16(17)22/h3-8,10-12H,9H2,1-2H3,(H,23,26). The molecule has 4 aromatic rings. The first kappa shape index (κ1) is 18.9. The smallest absolute Gasteiger partial charge is 0.230 e. The normalized spacial score (nSPS) is 10.9. The van der Waals surface area contributed by atoms with Gasteiger partial charge >= 0.3 is 0 Å². The Bertz CT molecular complexity index is 1190. The van der Waals surface area contributed by atoms with E-state index in [0.717, 1.165) is 16.2 Å². The molecule has 0 saturated carbocycles. The molecule has 0 aliphatic heterocycles. The van der Waals surface area contributed by atoms with Gasteiger partial charge in [-0.25, -0.2) is 9.37 Å². The Balaban J connectivity index is 1.61. The van der Waals surface area contributed by atoms with Gasteiger partial charge in [0, 0.05) is 22.8 Å². The van der Waals surface area contributed by atoms with Crippen LogP contribution in [0.5, 0.6) is 11.5 Å². The van der Waals surface area contributed by atoms with Crippen LogP contribution < -0.4 is 14.8 Å². The number of hydrogen-bond donors (Lipinski definition) is 1. The second-order valence-electron chi connectivity index (χ2n) is 6.28. The average molecular weight is 411 g/mol. The van der Waals surface area contributed by atoms with E-state index in [4.69, 9.17) is 9.47 Å². The fourth-order valence-corrected chi connectivity index (χ4v) is 3.89. The van der Waals surface area contributed by atoms with Crippen LogP contribution in [0.15, 0.2) is 54.0 Å². The Morgan fingerprint density at radius 1 is 1.21 bits per heavy atom. The maximum absolute atomic E-state index is 13.8. The highest BCUT2D eigenvalue weighted by Crippen LogP contribution is 2.34. The topological polar surface area (TPSA) is 64.9 Å². The first-order valence-corrected chi connectivity index (χ1v) is 9.69. The second kappa shape index (κ2) is 7.92. The molecule has 1 N–H and O–H groups in total. The Hall–Kier alpha value is -3.39. The fraction of sp³-hybridized carbons (Fsp3) is 0.143. The van der Waals surface area contributed by atoms with E-state index in [0.29, 0.717) is 17.2 Å². The van der Waals surface area contributed by atoms with Crippen LogP contribution in [0.2, 0.25) is 0 Å². The second-order valence-corrected chi connectivity index (χ2v) is 7.11. The monoisotopic (exact) mass is 411 g/mol. The number of para-hydroxylation sites is 1. The summed E-state index contributed by atoms with van der Waals surface area (Å²) >= 11 is 1.43. The number of amides is 1. The molecule has 0 atom stereocenters. The van der Waals surface area contributed by atoms with Gasteiger partial charge in [-0.05, 0) is 30.3 Å². The highest BCUT2D eigenvalue weighted by Gasteiger charge is 2.16. The Morgan fingerprint density at radius 3 is 2.79 bits per heavy atom. The first-order valence-electron chi connectivity index (χ1n) is 8.81. The van der Waals surface area contributed by atoms with Crippen LogP contribution in [0.1, 0.15) is 5.69 Å². The zero-order valence-electron chi connectivity index (χ0n) is 15.8. The van der Waals surface area contributed by atoms with Crippen LogP contribution in [0.3, 0.4) is 0 Å². The molecule has 0 unspecified atom stereocenters. The molecule has 2 heterocycles. The van der Waals surface area contributed by atoms with Crippen LogP contribution in [0.25, 0.3) is 16.2 Å². The molecule has 0 spiro atoms. The number of hydrogen-bond acceptors (Lipinski definition) is 5. The maximum Gasteiger partial charge on any atom is 0.230 e. The van der Waals surface area contributed by atoms with Crippen molar-refractivity contribution in [2.75, 3.05) is 19.5 Å². The quantitative estimate of drug-likeness (QED) is 0.511. The number of methoxy groups -OCH3 is 2. The number of thiazole rings is 1. The summed E-state index contributed by atoms with van der Waals surface area (Å²) in [5.74, 6) is 0.604. The lowest BCUT2D eigenvalue weighted by atomic mass is 10.1. The summed E-state index contributed by atoms with van der Waals surface area (Å²) in [6, 6.07) is 11.6. The number of aromatic nitrogens is 2. The molecule has 2 aromatic carbocycles. The third kappa shape index (κ3) is 3.79. The molecule has 0 saturated heterocycles. The van der Waals surface area contributed by atoms with E-state index in [1.807, 2.05) is 34.2 Å². The van der Waals surface area contributed by atoms with Gasteiger partial charge in [-0.15, -0.1) is 11.3 Å². The van der Waals surface area contributed by atoms with Crippen molar-refractivity contribution in [2.24, 2.45) is 0 Å². The van der Waals surface area contributed by atoms with E-state index in [2.05, 4.69) is 10.3 Å². The zero-order valence-corrected chi connectivity index (χ0v) is 16.6. The van der Waals surface area contributed by atoms with Crippen molar-refractivity contribution in [1.82, 2.24) is 9.38 Å². The lowest BCUT2D eigenvalue weighted by Gasteiger charge is -2.08. The number of rotatable bonds is 6. The van der Waals surface area contributed by atoms with Crippen molar-refractivity contribution in [3.05, 3.63) is 65.6 Å². The Labute approximate surface area is 170 Å². The number of anilines is 1. The SMILES string of the molecule is COc1ccc(OC)c(-c2cn3c(CC(=O)Nc4ccccc4F)csc3n2)c1. The molecule has 8 heteroatoms. The number of nitrogens with zero attached hydrogens (tertiary/aromatic N) is 2. The van der Waals surface area contributed by atoms with Gasteiger partial charge in [-0.2, -0.15) is 0 Å². The predicted octanol–water partition coefficient (Wildman–Crippen LogP) is 4.40. The van der Waals surface area contributed by atoms with Gasteiger partial charge in [-0.1, -0.05) is 12.1 Å². The summed E-state index contributed by atoms with van der Waals surface area (Å²) in [6.45, 7) is 0. The van der Waals surface area contributed by atoms with Crippen molar-refractivity contribution in [3.63, 3.8) is 0 Å². The van der Waals surface area contributed by atoms with Gasteiger partial charge in [0.15, 0.2) is 4.96 Å². The maximum atomic E-state index is 13.8. The summed E-state index contributed by atoms with van der Waals surface area (Å²) in [7, 11) is 3.20. The van der Waals surface area contributed by atoms with Crippen LogP contribution in [0, 0.1) is 5.82 Å². The van der Waals surface area contributed by atoms with Gasteiger partial charge in [-0.3, -0.25) is 9.20 Å². The van der Waals surface area contributed by atoms with Crippen molar-refractivity contribution in [3.8, 4) is 22.8 Å². The van der Waals surface area contributed by atoms with Crippen molar-refractivity contribution >= 4 is 27.9 Å². The van der Waals surface area contributed by atoms with Gasteiger partial charge in [0.2, 0.25) is 5.91 Å². The van der Waals surface area contributed by atoms with E-state index in [1.54, 1.807) is 26.4 Å². The van der Waals surface area contributed by atoms with Gasteiger partial charge < -0.3 is 14.8 Å². The summed E-state index contributed by atoms with van der Waals surface area (Å²) in [4.78, 5) is 17.8. The molecule has 0 aliphatic rings. The molecule has 29 heavy (non-hydrogen) atoms. The average Bonchev–Trinajstić information content (AvgIpc) is 3.31. The van der Waals surface area contributed by atoms with Crippen molar-refractivity contribution in [1.29, 1.82) is 0 Å². The minimum absolute atomic E-state index is 0.0966. The first-order chi connectivity index (χ1) is 14.1. The molecule has 0 fully saturated rings. The van der Waals surface area contributed by atoms with E-state index in [-0.39, 0.29) is 18.0 Å². The van der Waals surface area contributed by atoms with E-state index in [1.165, 1.54) is 23.5 Å². The van der Waals surface area contributed by atoms with E-state index < -0.39 is 5.82 Å². The highest BCUT2D eigenvalue weighted by atomic mass is 32.1. The minimum atomic E-state index is -0.466. The number of ether oxygens (including phenoxy) is 2. The molecule has 148 valence electrons. The van der Waals surface area contributed by atoms with Crippen LogP contribution in [-0.2, 0) is 11.2 Å². The zero-order chi connectivity index (χ0) is 20.4. The van der Waals surface area contributed by atoms with Gasteiger partial charge in [0.05, 0.1) is 32.0 Å². The van der Waals surface area contributed by atoms with Crippen molar-refractivity contribution < 1.29 is 18.7 Å². The summed E-state index contributed by atoms with van der Waals surface area (Å²) in [5.41, 5.74) is 2.43. The summed E-state index contributed by atoms with van der Waals surface area (Å²) < 4.78 is 26.4. The third-order valence-corrected chi connectivity index (χ3v) is 5.34. The number of imidazole rings is 1. The third-order valence-electron chi connectivity index (χ3n) is 4.46. The van der Waals surface area contributed by atoms with Gasteiger partial charge in [0.25, 0.3) is 0 Å². The number of benzene rings is 2. The Morgan fingerprint density at radius 2 is 2.03 bits per heavy atom. The molecule has 0 aliphatic carbocycles. The molecule has 4 rings (SSSR count). The number of carbonyl (C=O) groups is 1. The summed E-state index contributed by atoms with van der Waals surface area (Å²) in [5, 5.41) is 4.48. The molecule has 2 aromatic heterocycles. The fourth-order valence-electron chi connectivity index (χ4n) is 3.02. The van der Waals surface area contributed by atoms with Crippen LogP contribution in [-0.4, -0.2) is 29.5 Å². The molecule has 0 radical (unpaired) electrons. The largest absolute Gasteiger partial charge is 0.497 e. The number of fused-ring (bicyclic) bond motifs is 1. The summed E-state index contributed by atoms with van der Waals surface area (Å²) in [6.07, 6.45) is 1.95. The molecule has 6 nitrogen and oxygen atoms in total. The number of halogens is 1. The van der Waals surface area contributed by atoms with E-state index in [9.17, 15) is 9.18 Å². The predicted molar refractivity (Wildman–Crippen MR) is 110 cm³/mol. The number of carbonyl (C=O) groups excluding carboxylic acids is 1. The van der Waals surface area contributed by atoms with E-state index >= 15 is 0 Å². The molecule has 0 bridgehead atoms. The lowest BCUT2D eigenvalue weighted by molar-refractivity contribution is -0.115. The minimum Gasteiger partial charge on any atom is -0.497 e. The molecule has 1 amide bonds. The molecular formula is C21H18FN3O3S. The van der Waals surface area contributed by atoms with Gasteiger partial charge in [0.1, 0.15) is 17.3 Å². The lowest BCUT2D eigenvalue weighted by Crippen LogP contribution is -2.16. The molecular weight excluding hydrogens is 393 g/mol. The highest BCUT2D eigenvalue weighted by molar-refractivity contribution is 7.15.